The third-order valence-electron chi connectivity index (χ3n) is 3.78. The van der Waals surface area contributed by atoms with Crippen molar-refractivity contribution in [1.82, 2.24) is 25.2 Å². The largest absolute Gasteiger partial charge is 0.352 e. The molecule has 2 aromatic heterocycles. The number of nitrogens with one attached hydrogen (secondary N) is 3. The van der Waals surface area contributed by atoms with E-state index in [0.29, 0.717) is 18.5 Å². The van der Waals surface area contributed by atoms with Crippen LogP contribution in [0, 0.1) is 0 Å². The second kappa shape index (κ2) is 7.63. The lowest BCUT2D eigenvalue weighted by molar-refractivity contribution is 0.0953. The number of aromatic nitrogens is 3. The van der Waals surface area contributed by atoms with Gasteiger partial charge in [0.1, 0.15) is 0 Å². The molecule has 3 rings (SSSR count). The number of H-pyrrole nitrogens is 1. The molecule has 0 radical (unpaired) electrons. The molecule has 136 valence electrons. The summed E-state index contributed by atoms with van der Waals surface area (Å²) in [4.78, 5) is 16.6. The average Bonchev–Trinajstić information content (AvgIpc) is 3.14. The van der Waals surface area contributed by atoms with E-state index < -0.39 is 10.0 Å². The molecule has 1 amide bonds. The van der Waals surface area contributed by atoms with Crippen LogP contribution >= 0.6 is 0 Å². The molecule has 1 aromatic carbocycles. The van der Waals surface area contributed by atoms with E-state index in [0.717, 1.165) is 28.3 Å². The van der Waals surface area contributed by atoms with Crippen LogP contribution in [0.4, 0.5) is 0 Å². The molecule has 3 N–H and O–H groups in total. The topological polar surface area (TPSA) is 117 Å². The highest BCUT2D eigenvalue weighted by molar-refractivity contribution is 7.88. The molecule has 0 fully saturated rings. The Morgan fingerprint density at radius 2 is 2.00 bits per heavy atom. The fourth-order valence-corrected chi connectivity index (χ4v) is 3.01. The molecular weight excluding hydrogens is 354 g/mol. The second-order valence-corrected chi connectivity index (χ2v) is 7.73. The van der Waals surface area contributed by atoms with Crippen molar-refractivity contribution >= 4 is 26.8 Å². The zero-order valence-electron chi connectivity index (χ0n) is 14.2. The van der Waals surface area contributed by atoms with Crippen molar-refractivity contribution in [3.8, 4) is 11.1 Å². The first-order chi connectivity index (χ1) is 12.4. The van der Waals surface area contributed by atoms with Gasteiger partial charge in [-0.3, -0.25) is 14.9 Å². The number of rotatable bonds is 7. The Bertz CT molecular complexity index is 1020. The van der Waals surface area contributed by atoms with Gasteiger partial charge in [0.25, 0.3) is 5.91 Å². The summed E-state index contributed by atoms with van der Waals surface area (Å²) in [6, 6.07) is 7.60. The van der Waals surface area contributed by atoms with Gasteiger partial charge in [0.2, 0.25) is 10.0 Å². The molecule has 0 saturated carbocycles. The monoisotopic (exact) mass is 373 g/mol. The van der Waals surface area contributed by atoms with Gasteiger partial charge in [-0.2, -0.15) is 5.10 Å². The number of benzene rings is 1. The Morgan fingerprint density at radius 1 is 1.15 bits per heavy atom. The molecule has 0 atom stereocenters. The van der Waals surface area contributed by atoms with Gasteiger partial charge < -0.3 is 5.32 Å². The number of hydrogen-bond donors (Lipinski definition) is 3. The van der Waals surface area contributed by atoms with Crippen LogP contribution in [0.1, 0.15) is 16.8 Å². The van der Waals surface area contributed by atoms with Gasteiger partial charge in [0.05, 0.1) is 23.5 Å². The summed E-state index contributed by atoms with van der Waals surface area (Å²) in [5.74, 6) is -0.243. The Morgan fingerprint density at radius 3 is 2.73 bits per heavy atom. The number of amides is 1. The van der Waals surface area contributed by atoms with Gasteiger partial charge in [-0.05, 0) is 30.2 Å². The fraction of sp³-hybridized carbons (Fsp3) is 0.235. The van der Waals surface area contributed by atoms with E-state index in [1.165, 1.54) is 6.20 Å². The van der Waals surface area contributed by atoms with E-state index in [1.807, 2.05) is 18.2 Å². The minimum Gasteiger partial charge on any atom is -0.352 e. The van der Waals surface area contributed by atoms with Crippen LogP contribution in [0.3, 0.4) is 0 Å². The highest BCUT2D eigenvalue weighted by atomic mass is 32.2. The fourth-order valence-electron chi connectivity index (χ4n) is 2.49. The van der Waals surface area contributed by atoms with Crippen LogP contribution in [0.25, 0.3) is 22.0 Å². The van der Waals surface area contributed by atoms with Gasteiger partial charge in [-0.15, -0.1) is 0 Å². The summed E-state index contributed by atoms with van der Waals surface area (Å²) < 4.78 is 24.3. The molecular formula is C17H19N5O3S. The van der Waals surface area contributed by atoms with Crippen molar-refractivity contribution in [2.45, 2.75) is 6.42 Å². The van der Waals surface area contributed by atoms with Gasteiger partial charge in [-0.1, -0.05) is 6.07 Å². The highest BCUT2D eigenvalue weighted by Crippen LogP contribution is 2.23. The second-order valence-electron chi connectivity index (χ2n) is 5.89. The first kappa shape index (κ1) is 18.0. The lowest BCUT2D eigenvalue weighted by Gasteiger charge is -2.07. The van der Waals surface area contributed by atoms with Gasteiger partial charge in [0.15, 0.2) is 0 Å². The molecule has 0 unspecified atom stereocenters. The van der Waals surface area contributed by atoms with Crippen LogP contribution < -0.4 is 10.0 Å². The molecule has 9 heteroatoms. The van der Waals surface area contributed by atoms with E-state index in [2.05, 4.69) is 25.2 Å². The van der Waals surface area contributed by atoms with Crippen molar-refractivity contribution in [2.75, 3.05) is 19.3 Å². The SMILES string of the molecule is CS(=O)(=O)NCCCNC(=O)c1cnc2ccc(-c3cn[nH]c3)cc2c1. The molecule has 0 aliphatic rings. The standard InChI is InChI=1S/C17H19N5O3S/c1-26(24,25)22-6-2-5-18-17(23)14-8-13-7-12(15-10-20-21-11-15)3-4-16(13)19-9-14/h3-4,7-11,22H,2,5-6H2,1H3,(H,18,23)(H,20,21). The number of pyridine rings is 1. The zero-order chi connectivity index (χ0) is 18.6. The number of fused-ring (bicyclic) bond motifs is 1. The van der Waals surface area contributed by atoms with E-state index in [4.69, 9.17) is 0 Å². The van der Waals surface area contributed by atoms with Crippen molar-refractivity contribution in [2.24, 2.45) is 0 Å². The third kappa shape index (κ3) is 4.64. The summed E-state index contributed by atoms with van der Waals surface area (Å²) in [6.45, 7) is 0.650. The van der Waals surface area contributed by atoms with Crippen molar-refractivity contribution in [3.05, 3.63) is 48.4 Å². The smallest absolute Gasteiger partial charge is 0.252 e. The van der Waals surface area contributed by atoms with Crippen molar-refractivity contribution < 1.29 is 13.2 Å². The quantitative estimate of drug-likeness (QED) is 0.540. The molecule has 0 saturated heterocycles. The molecule has 2 heterocycles. The highest BCUT2D eigenvalue weighted by Gasteiger charge is 2.08. The number of aromatic amines is 1. The maximum absolute atomic E-state index is 12.3. The summed E-state index contributed by atoms with van der Waals surface area (Å²) >= 11 is 0. The van der Waals surface area contributed by atoms with Gasteiger partial charge in [-0.25, -0.2) is 13.1 Å². The molecule has 0 aliphatic carbocycles. The van der Waals surface area contributed by atoms with Gasteiger partial charge >= 0.3 is 0 Å². The summed E-state index contributed by atoms with van der Waals surface area (Å²) in [5, 5.41) is 10.3. The maximum Gasteiger partial charge on any atom is 0.252 e. The molecule has 0 aliphatic heterocycles. The number of hydrogen-bond acceptors (Lipinski definition) is 5. The number of carbonyl (C=O) groups excluding carboxylic acids is 1. The van der Waals surface area contributed by atoms with E-state index >= 15 is 0 Å². The van der Waals surface area contributed by atoms with Crippen LogP contribution in [-0.4, -0.2) is 48.9 Å². The summed E-state index contributed by atoms with van der Waals surface area (Å²) in [6.07, 6.45) is 6.67. The van der Waals surface area contributed by atoms with E-state index in [1.54, 1.807) is 18.5 Å². The molecule has 26 heavy (non-hydrogen) atoms. The summed E-state index contributed by atoms with van der Waals surface area (Å²) in [5.41, 5.74) is 3.20. The first-order valence-electron chi connectivity index (χ1n) is 8.04. The Labute approximate surface area is 151 Å². The third-order valence-corrected chi connectivity index (χ3v) is 4.51. The summed E-state index contributed by atoms with van der Waals surface area (Å²) in [7, 11) is -3.20. The van der Waals surface area contributed by atoms with E-state index in [9.17, 15) is 13.2 Å². The minimum atomic E-state index is -3.20. The van der Waals surface area contributed by atoms with Crippen LogP contribution in [0.5, 0.6) is 0 Å². The van der Waals surface area contributed by atoms with E-state index in [-0.39, 0.29) is 12.5 Å². The number of nitrogens with zero attached hydrogens (tertiary/aromatic N) is 2. The van der Waals surface area contributed by atoms with Crippen LogP contribution in [0.15, 0.2) is 42.9 Å². The predicted octanol–water partition coefficient (Wildman–Crippen LogP) is 1.29. The first-order valence-corrected chi connectivity index (χ1v) is 9.93. The minimum absolute atomic E-state index is 0.243. The maximum atomic E-state index is 12.3. The normalized spacial score (nSPS) is 11.6. The van der Waals surface area contributed by atoms with Crippen molar-refractivity contribution in [1.29, 1.82) is 0 Å². The lowest BCUT2D eigenvalue weighted by Crippen LogP contribution is -2.29. The Balaban J connectivity index is 1.66. The molecule has 3 aromatic rings. The van der Waals surface area contributed by atoms with Gasteiger partial charge in [0, 0.05) is 36.4 Å². The molecule has 8 nitrogen and oxygen atoms in total. The average molecular weight is 373 g/mol. The molecule has 0 spiro atoms. The van der Waals surface area contributed by atoms with Crippen LogP contribution in [-0.2, 0) is 10.0 Å². The molecule has 0 bridgehead atoms. The van der Waals surface area contributed by atoms with Crippen LogP contribution in [0.2, 0.25) is 0 Å². The Kier molecular flexibility index (Phi) is 5.29. The number of sulfonamides is 1. The Hall–Kier alpha value is -2.78. The predicted molar refractivity (Wildman–Crippen MR) is 99.1 cm³/mol. The lowest BCUT2D eigenvalue weighted by atomic mass is 10.1. The van der Waals surface area contributed by atoms with Crippen molar-refractivity contribution in [3.63, 3.8) is 0 Å². The number of carbonyl (C=O) groups is 1. The zero-order valence-corrected chi connectivity index (χ0v) is 15.0.